The van der Waals surface area contributed by atoms with Crippen molar-refractivity contribution in [1.82, 2.24) is 0 Å². The SMILES string of the molecule is CCO.CCO.CCO.O=C[C@H](O)[C@@H](O)[C@H](O)[C@H](O)CO. The summed E-state index contributed by atoms with van der Waals surface area (Å²) in [6.07, 6.45) is -6.84. The molecule has 9 heteroatoms. The van der Waals surface area contributed by atoms with Gasteiger partial charge in [-0.1, -0.05) is 0 Å². The Bertz CT molecular complexity index is 175. The van der Waals surface area contributed by atoms with Crippen molar-refractivity contribution in [3.63, 3.8) is 0 Å². The maximum absolute atomic E-state index is 9.90. The largest absolute Gasteiger partial charge is 0.397 e. The van der Waals surface area contributed by atoms with Crippen molar-refractivity contribution in [3.8, 4) is 0 Å². The highest BCUT2D eigenvalue weighted by atomic mass is 16.4. The average Bonchev–Trinajstić information content (AvgIpc) is 2.46. The molecule has 0 aromatic carbocycles. The van der Waals surface area contributed by atoms with Gasteiger partial charge in [0, 0.05) is 19.8 Å². The molecule has 0 radical (unpaired) electrons. The molecule has 9 nitrogen and oxygen atoms in total. The van der Waals surface area contributed by atoms with E-state index >= 15 is 0 Å². The number of aliphatic hydroxyl groups excluding tert-OH is 8. The summed E-state index contributed by atoms with van der Waals surface area (Å²) in [6, 6.07) is 0. The molecule has 0 aliphatic rings. The molecule has 0 saturated heterocycles. The van der Waals surface area contributed by atoms with E-state index in [1.165, 1.54) is 0 Å². The maximum atomic E-state index is 9.90. The van der Waals surface area contributed by atoms with Crippen LogP contribution in [0.4, 0.5) is 0 Å². The first-order valence-electron chi connectivity index (χ1n) is 6.40. The molecule has 4 atom stereocenters. The van der Waals surface area contributed by atoms with Crippen LogP contribution in [0.1, 0.15) is 20.8 Å². The third kappa shape index (κ3) is 24.7. The van der Waals surface area contributed by atoms with Gasteiger partial charge in [-0.3, -0.25) is 0 Å². The number of hydrogen-bond donors (Lipinski definition) is 8. The lowest BCUT2D eigenvalue weighted by atomic mass is 10.0. The van der Waals surface area contributed by atoms with Crippen molar-refractivity contribution >= 4 is 6.29 Å². The molecule has 0 saturated carbocycles. The van der Waals surface area contributed by atoms with Crippen molar-refractivity contribution in [2.24, 2.45) is 0 Å². The van der Waals surface area contributed by atoms with Crippen LogP contribution in [-0.4, -0.2) is 98.0 Å². The second-order valence-corrected chi connectivity index (χ2v) is 3.31. The quantitative estimate of drug-likeness (QED) is 0.240. The topological polar surface area (TPSA) is 179 Å². The molecule has 0 aliphatic carbocycles. The standard InChI is InChI=1S/C6H12O6.3C2H6O/c7-1-3(9)5(11)6(12)4(10)2-8;3*1-2-3/h1,3-6,8-12H,2H2;3*3H,2H2,1H3/t3-,4+,5+,6+;;;/m0.../s1. The third-order valence-corrected chi connectivity index (χ3v) is 1.42. The van der Waals surface area contributed by atoms with Gasteiger partial charge in [-0.25, -0.2) is 0 Å². The zero-order valence-corrected chi connectivity index (χ0v) is 12.7. The van der Waals surface area contributed by atoms with E-state index in [1.807, 2.05) is 0 Å². The molecule has 0 rings (SSSR count). The van der Waals surface area contributed by atoms with Crippen LogP contribution in [0.2, 0.25) is 0 Å². The zero-order valence-electron chi connectivity index (χ0n) is 12.7. The Morgan fingerprint density at radius 2 is 1.05 bits per heavy atom. The second-order valence-electron chi connectivity index (χ2n) is 3.31. The molecule has 8 N–H and O–H groups in total. The lowest BCUT2D eigenvalue weighted by Gasteiger charge is -2.22. The first-order valence-corrected chi connectivity index (χ1v) is 6.40. The van der Waals surface area contributed by atoms with Gasteiger partial charge < -0.3 is 45.6 Å². The fraction of sp³-hybridized carbons (Fsp3) is 0.917. The zero-order chi connectivity index (χ0) is 17.8. The van der Waals surface area contributed by atoms with Crippen molar-refractivity contribution in [3.05, 3.63) is 0 Å². The summed E-state index contributed by atoms with van der Waals surface area (Å²) >= 11 is 0. The molecule has 0 unspecified atom stereocenters. The second kappa shape index (κ2) is 24.4. The Morgan fingerprint density at radius 1 is 0.762 bits per heavy atom. The highest BCUT2D eigenvalue weighted by Gasteiger charge is 2.29. The molecule has 0 spiro atoms. The van der Waals surface area contributed by atoms with E-state index in [4.69, 9.17) is 40.9 Å². The van der Waals surface area contributed by atoms with Gasteiger partial charge in [0.05, 0.1) is 6.61 Å². The number of carbonyl (C=O) groups excluding carboxylic acids is 1. The fourth-order valence-corrected chi connectivity index (χ4v) is 0.618. The average molecular weight is 318 g/mol. The van der Waals surface area contributed by atoms with Gasteiger partial charge >= 0.3 is 0 Å². The van der Waals surface area contributed by atoms with Gasteiger partial charge in [0.2, 0.25) is 0 Å². The molecule has 0 aliphatic heterocycles. The smallest absolute Gasteiger partial charge is 0.151 e. The highest BCUT2D eigenvalue weighted by molar-refractivity contribution is 5.56. The van der Waals surface area contributed by atoms with Gasteiger partial charge in [0.15, 0.2) is 6.29 Å². The first-order chi connectivity index (χ1) is 9.78. The summed E-state index contributed by atoms with van der Waals surface area (Å²) < 4.78 is 0. The van der Waals surface area contributed by atoms with E-state index in [2.05, 4.69) is 0 Å². The van der Waals surface area contributed by atoms with Gasteiger partial charge in [0.25, 0.3) is 0 Å². The number of hydrogen-bond acceptors (Lipinski definition) is 9. The van der Waals surface area contributed by atoms with E-state index in [0.29, 0.717) is 0 Å². The molecule has 0 aromatic rings. The summed E-state index contributed by atoms with van der Waals surface area (Å²) in [5.74, 6) is 0. The monoisotopic (exact) mass is 318 g/mol. The normalized spacial score (nSPS) is 14.6. The summed E-state index contributed by atoms with van der Waals surface area (Å²) in [6.45, 7) is 5.03. The Hall–Kier alpha value is -0.650. The molecule has 0 bridgehead atoms. The van der Waals surface area contributed by atoms with Crippen molar-refractivity contribution in [1.29, 1.82) is 0 Å². The van der Waals surface area contributed by atoms with Gasteiger partial charge in [-0.15, -0.1) is 0 Å². The minimum Gasteiger partial charge on any atom is -0.397 e. The fourth-order valence-electron chi connectivity index (χ4n) is 0.618. The van der Waals surface area contributed by atoms with E-state index in [0.717, 1.165) is 0 Å². The minimum absolute atomic E-state index is 0.0258. The van der Waals surface area contributed by atoms with Crippen molar-refractivity contribution in [2.75, 3.05) is 26.4 Å². The van der Waals surface area contributed by atoms with Crippen molar-refractivity contribution in [2.45, 2.75) is 45.2 Å². The molecular formula is C12H30O9. The van der Waals surface area contributed by atoms with E-state index in [9.17, 15) is 4.79 Å². The van der Waals surface area contributed by atoms with E-state index < -0.39 is 31.0 Å². The van der Waals surface area contributed by atoms with Gasteiger partial charge in [-0.05, 0) is 20.8 Å². The predicted octanol–water partition coefficient (Wildman–Crippen LogP) is -3.38. The Labute approximate surface area is 124 Å². The van der Waals surface area contributed by atoms with Gasteiger partial charge in [-0.2, -0.15) is 0 Å². The predicted molar refractivity (Wildman–Crippen MR) is 75.5 cm³/mol. The first kappa shape index (κ1) is 28.5. The molecular weight excluding hydrogens is 288 g/mol. The molecule has 0 fully saturated rings. The number of aldehydes is 1. The molecule has 0 aromatic heterocycles. The third-order valence-electron chi connectivity index (χ3n) is 1.42. The van der Waals surface area contributed by atoms with Crippen molar-refractivity contribution < 1.29 is 45.6 Å². The Balaban J connectivity index is -0.000000132. The van der Waals surface area contributed by atoms with Crippen LogP contribution in [0.15, 0.2) is 0 Å². The van der Waals surface area contributed by atoms with Crippen LogP contribution in [0, 0.1) is 0 Å². The highest BCUT2D eigenvalue weighted by Crippen LogP contribution is 2.02. The van der Waals surface area contributed by atoms with Crippen LogP contribution in [0.5, 0.6) is 0 Å². The lowest BCUT2D eigenvalue weighted by Crippen LogP contribution is -2.46. The number of aliphatic hydroxyl groups is 8. The Kier molecular flexibility index (Phi) is 33.1. The summed E-state index contributed by atoms with van der Waals surface area (Å²) in [7, 11) is 0. The molecule has 0 amide bonds. The van der Waals surface area contributed by atoms with E-state index in [-0.39, 0.29) is 26.1 Å². The Morgan fingerprint density at radius 3 is 1.24 bits per heavy atom. The van der Waals surface area contributed by atoms with E-state index in [1.54, 1.807) is 20.8 Å². The molecule has 132 valence electrons. The van der Waals surface area contributed by atoms with Crippen LogP contribution >= 0.6 is 0 Å². The van der Waals surface area contributed by atoms with Gasteiger partial charge in [0.1, 0.15) is 24.4 Å². The number of carbonyl (C=O) groups is 1. The van der Waals surface area contributed by atoms with Crippen LogP contribution in [0.3, 0.4) is 0 Å². The summed E-state index contributed by atoms with van der Waals surface area (Å²) in [4.78, 5) is 9.90. The molecule has 0 heterocycles. The summed E-state index contributed by atoms with van der Waals surface area (Å²) in [5, 5.41) is 66.2. The number of rotatable bonds is 5. The van der Waals surface area contributed by atoms with Crippen LogP contribution in [0.25, 0.3) is 0 Å². The maximum Gasteiger partial charge on any atom is 0.151 e. The van der Waals surface area contributed by atoms with Crippen LogP contribution < -0.4 is 0 Å². The lowest BCUT2D eigenvalue weighted by molar-refractivity contribution is -0.136. The minimum atomic E-state index is -1.79. The van der Waals surface area contributed by atoms with Crippen LogP contribution in [-0.2, 0) is 4.79 Å². The molecule has 21 heavy (non-hydrogen) atoms. The summed E-state index contributed by atoms with van der Waals surface area (Å²) in [5.41, 5.74) is 0.